The lowest BCUT2D eigenvalue weighted by Crippen LogP contribution is -2.19. The van der Waals surface area contributed by atoms with Crippen molar-refractivity contribution in [3.8, 4) is 17.2 Å². The molecule has 1 N–H and O–H groups in total. The molecule has 0 saturated heterocycles. The van der Waals surface area contributed by atoms with E-state index in [-0.39, 0.29) is 4.90 Å². The largest absolute Gasteiger partial charge is 0.493 e. The first kappa shape index (κ1) is 20.9. The maximum Gasteiger partial charge on any atom is 0.262 e. The van der Waals surface area contributed by atoms with Crippen LogP contribution < -0.4 is 18.9 Å². The number of rotatable bonds is 9. The molecular weight excluding hydrogens is 368 g/mol. The highest BCUT2D eigenvalue weighted by Gasteiger charge is 2.18. The zero-order valence-electron chi connectivity index (χ0n) is 16.3. The van der Waals surface area contributed by atoms with Crippen molar-refractivity contribution in [1.82, 2.24) is 4.90 Å². The van der Waals surface area contributed by atoms with Crippen molar-refractivity contribution in [2.24, 2.45) is 0 Å². The van der Waals surface area contributed by atoms with E-state index in [1.807, 2.05) is 32.0 Å². The van der Waals surface area contributed by atoms with Crippen LogP contribution >= 0.6 is 0 Å². The molecule has 0 saturated carbocycles. The third kappa shape index (κ3) is 5.51. The van der Waals surface area contributed by atoms with E-state index in [1.165, 1.54) is 26.4 Å². The van der Waals surface area contributed by atoms with Crippen LogP contribution in [0.4, 0.5) is 5.69 Å². The van der Waals surface area contributed by atoms with Crippen molar-refractivity contribution in [3.63, 3.8) is 0 Å². The van der Waals surface area contributed by atoms with Crippen LogP contribution in [-0.2, 0) is 10.0 Å². The van der Waals surface area contributed by atoms with Crippen molar-refractivity contribution >= 4 is 15.7 Å². The van der Waals surface area contributed by atoms with Gasteiger partial charge in [0.25, 0.3) is 10.0 Å². The summed E-state index contributed by atoms with van der Waals surface area (Å²) in [5, 5.41) is 0. The predicted molar refractivity (Wildman–Crippen MR) is 106 cm³/mol. The first-order chi connectivity index (χ1) is 12.8. The minimum absolute atomic E-state index is 0.0794. The van der Waals surface area contributed by atoms with Gasteiger partial charge in [-0.3, -0.25) is 4.72 Å². The quantitative estimate of drug-likeness (QED) is 0.705. The van der Waals surface area contributed by atoms with Gasteiger partial charge in [-0.05, 0) is 44.8 Å². The monoisotopic (exact) mass is 394 g/mol. The Hall–Kier alpha value is -2.45. The molecule has 0 unspecified atom stereocenters. The molecule has 0 fully saturated rings. The number of hydrogen-bond donors (Lipinski definition) is 1. The van der Waals surface area contributed by atoms with E-state index in [9.17, 15) is 8.42 Å². The van der Waals surface area contributed by atoms with Crippen LogP contribution in [0.1, 0.15) is 5.56 Å². The number of nitrogens with one attached hydrogen (secondary N) is 1. The molecule has 0 bridgehead atoms. The van der Waals surface area contributed by atoms with Gasteiger partial charge in [-0.1, -0.05) is 6.07 Å². The van der Waals surface area contributed by atoms with E-state index in [0.29, 0.717) is 29.5 Å². The Morgan fingerprint density at radius 2 is 1.67 bits per heavy atom. The highest BCUT2D eigenvalue weighted by molar-refractivity contribution is 7.92. The van der Waals surface area contributed by atoms with E-state index >= 15 is 0 Å². The number of benzene rings is 2. The highest BCUT2D eigenvalue weighted by Crippen LogP contribution is 2.31. The number of anilines is 1. The van der Waals surface area contributed by atoms with Crippen LogP contribution in [0.3, 0.4) is 0 Å². The maximum absolute atomic E-state index is 12.7. The Bertz CT molecular complexity index is 882. The summed E-state index contributed by atoms with van der Waals surface area (Å²) in [4.78, 5) is 2.09. The molecule has 0 aliphatic carbocycles. The standard InChI is InChI=1S/C19H26N2O5S/c1-14-6-7-15(12-18(14)26-11-10-21(2)3)20-27(22,23)16-8-9-17(24-4)19(13-16)25-5/h6-9,12-13,20H,10-11H2,1-5H3. The summed E-state index contributed by atoms with van der Waals surface area (Å²) in [6.07, 6.45) is 0. The first-order valence-corrected chi connectivity index (χ1v) is 9.88. The van der Waals surface area contributed by atoms with Crippen molar-refractivity contribution in [3.05, 3.63) is 42.0 Å². The Morgan fingerprint density at radius 1 is 0.963 bits per heavy atom. The Labute approximate surface area is 160 Å². The van der Waals surface area contributed by atoms with Crippen molar-refractivity contribution in [2.75, 3.05) is 46.2 Å². The van der Waals surface area contributed by atoms with Gasteiger partial charge in [0, 0.05) is 18.7 Å². The van der Waals surface area contributed by atoms with Crippen molar-refractivity contribution in [1.29, 1.82) is 0 Å². The Morgan fingerprint density at radius 3 is 2.30 bits per heavy atom. The minimum atomic E-state index is -3.78. The lowest BCUT2D eigenvalue weighted by atomic mass is 10.2. The number of sulfonamides is 1. The summed E-state index contributed by atoms with van der Waals surface area (Å²) in [5.74, 6) is 1.45. The van der Waals surface area contributed by atoms with Crippen LogP contribution in [0, 0.1) is 6.92 Å². The third-order valence-corrected chi connectivity index (χ3v) is 5.28. The highest BCUT2D eigenvalue weighted by atomic mass is 32.2. The van der Waals surface area contributed by atoms with Gasteiger partial charge < -0.3 is 19.1 Å². The molecule has 0 spiro atoms. The van der Waals surface area contributed by atoms with E-state index in [2.05, 4.69) is 4.72 Å². The number of aryl methyl sites for hydroxylation is 1. The summed E-state index contributed by atoms with van der Waals surface area (Å²) < 4.78 is 44.1. The van der Waals surface area contributed by atoms with Crippen LogP contribution in [0.5, 0.6) is 17.2 Å². The second-order valence-electron chi connectivity index (χ2n) is 6.25. The average Bonchev–Trinajstić information content (AvgIpc) is 2.63. The SMILES string of the molecule is COc1ccc(S(=O)(=O)Nc2ccc(C)c(OCCN(C)C)c2)cc1OC. The van der Waals surface area contributed by atoms with E-state index < -0.39 is 10.0 Å². The molecule has 27 heavy (non-hydrogen) atoms. The Balaban J connectivity index is 2.22. The molecule has 8 heteroatoms. The molecule has 0 aliphatic heterocycles. The average molecular weight is 394 g/mol. The molecule has 0 heterocycles. The van der Waals surface area contributed by atoms with Gasteiger partial charge in [-0.15, -0.1) is 0 Å². The molecule has 7 nitrogen and oxygen atoms in total. The topological polar surface area (TPSA) is 77.1 Å². The molecule has 148 valence electrons. The van der Waals surface area contributed by atoms with Crippen molar-refractivity contribution in [2.45, 2.75) is 11.8 Å². The molecule has 0 aromatic heterocycles. The normalized spacial score (nSPS) is 11.3. The summed E-state index contributed by atoms with van der Waals surface area (Å²) in [6, 6.07) is 9.64. The number of ether oxygens (including phenoxy) is 3. The predicted octanol–water partition coefficient (Wildman–Crippen LogP) is 2.75. The van der Waals surface area contributed by atoms with Gasteiger partial charge in [0.05, 0.1) is 24.8 Å². The molecule has 0 radical (unpaired) electrons. The second-order valence-corrected chi connectivity index (χ2v) is 7.94. The van der Waals surface area contributed by atoms with Gasteiger partial charge in [0.2, 0.25) is 0 Å². The number of methoxy groups -OCH3 is 2. The lowest BCUT2D eigenvalue weighted by Gasteiger charge is -2.15. The van der Waals surface area contributed by atoms with E-state index in [4.69, 9.17) is 14.2 Å². The fourth-order valence-corrected chi connectivity index (χ4v) is 3.42. The van der Waals surface area contributed by atoms with Gasteiger partial charge in [0.1, 0.15) is 12.4 Å². The molecule has 2 rings (SSSR count). The molecule has 2 aromatic carbocycles. The van der Waals surface area contributed by atoms with Crippen LogP contribution in [-0.4, -0.2) is 54.8 Å². The smallest absolute Gasteiger partial charge is 0.262 e. The van der Waals surface area contributed by atoms with E-state index in [0.717, 1.165) is 12.1 Å². The fraction of sp³-hybridized carbons (Fsp3) is 0.368. The van der Waals surface area contributed by atoms with Crippen LogP contribution in [0.2, 0.25) is 0 Å². The summed E-state index contributed by atoms with van der Waals surface area (Å²) in [6.45, 7) is 3.19. The minimum Gasteiger partial charge on any atom is -0.493 e. The molecular formula is C19H26N2O5S. The second kappa shape index (κ2) is 8.96. The molecule has 0 amide bonds. The molecule has 0 atom stereocenters. The molecule has 2 aromatic rings. The zero-order valence-corrected chi connectivity index (χ0v) is 17.1. The van der Waals surface area contributed by atoms with Gasteiger partial charge in [0.15, 0.2) is 11.5 Å². The van der Waals surface area contributed by atoms with Crippen LogP contribution in [0.25, 0.3) is 0 Å². The van der Waals surface area contributed by atoms with Crippen LogP contribution in [0.15, 0.2) is 41.3 Å². The first-order valence-electron chi connectivity index (χ1n) is 8.40. The number of nitrogens with zero attached hydrogens (tertiary/aromatic N) is 1. The third-order valence-electron chi connectivity index (χ3n) is 3.90. The van der Waals surface area contributed by atoms with Gasteiger partial charge >= 0.3 is 0 Å². The zero-order chi connectivity index (χ0) is 20.0. The Kier molecular flexibility index (Phi) is 6.92. The van der Waals surface area contributed by atoms with E-state index in [1.54, 1.807) is 18.2 Å². The number of hydrogen-bond acceptors (Lipinski definition) is 6. The van der Waals surface area contributed by atoms with Gasteiger partial charge in [-0.25, -0.2) is 8.42 Å². The van der Waals surface area contributed by atoms with Crippen molar-refractivity contribution < 1.29 is 22.6 Å². The summed E-state index contributed by atoms with van der Waals surface area (Å²) in [5.41, 5.74) is 1.36. The fourth-order valence-electron chi connectivity index (χ4n) is 2.36. The van der Waals surface area contributed by atoms with Gasteiger partial charge in [-0.2, -0.15) is 0 Å². The summed E-state index contributed by atoms with van der Waals surface area (Å²) >= 11 is 0. The molecule has 0 aliphatic rings. The number of likely N-dealkylation sites (N-methyl/N-ethyl adjacent to an activating group) is 1. The lowest BCUT2D eigenvalue weighted by molar-refractivity contribution is 0.260. The maximum atomic E-state index is 12.7. The summed E-state index contributed by atoms with van der Waals surface area (Å²) in [7, 11) is 3.09.